The Morgan fingerprint density at radius 1 is 1.10 bits per heavy atom. The first-order valence-electron chi connectivity index (χ1n) is 5.88. The number of hydroxylamine groups is 2. The predicted molar refractivity (Wildman–Crippen MR) is 66.6 cm³/mol. The quantitative estimate of drug-likeness (QED) is 0.783. The summed E-state index contributed by atoms with van der Waals surface area (Å²) in [5, 5.41) is 0.359. The number of carbonyl (C=O) groups is 3. The highest BCUT2D eigenvalue weighted by molar-refractivity contribution is 6.21. The van der Waals surface area contributed by atoms with Gasteiger partial charge in [-0.3, -0.25) is 14.6 Å². The number of hydrogen-bond donors (Lipinski definition) is 0. The van der Waals surface area contributed by atoms with Crippen LogP contribution in [0.5, 0.6) is 0 Å². The first kappa shape index (κ1) is 12.9. The van der Waals surface area contributed by atoms with E-state index in [4.69, 9.17) is 4.84 Å². The van der Waals surface area contributed by atoms with E-state index in [9.17, 15) is 18.8 Å². The minimum absolute atomic E-state index is 0.146. The Hall–Kier alpha value is -3.09. The van der Waals surface area contributed by atoms with Crippen molar-refractivity contribution in [2.75, 3.05) is 0 Å². The Morgan fingerprint density at radius 2 is 1.71 bits per heavy atom. The SMILES string of the molecule is O=C(ON1C(=O)c2ccccc2C1=O)c1cncc(F)c1. The highest BCUT2D eigenvalue weighted by Gasteiger charge is 2.38. The van der Waals surface area contributed by atoms with Gasteiger partial charge in [-0.1, -0.05) is 17.2 Å². The second kappa shape index (κ2) is 4.78. The second-order valence-electron chi connectivity index (χ2n) is 4.22. The van der Waals surface area contributed by atoms with E-state index in [1.54, 1.807) is 12.1 Å². The van der Waals surface area contributed by atoms with Gasteiger partial charge in [-0.25, -0.2) is 9.18 Å². The number of rotatable bonds is 2. The van der Waals surface area contributed by atoms with Crippen LogP contribution in [-0.4, -0.2) is 27.8 Å². The van der Waals surface area contributed by atoms with Crippen LogP contribution in [0, 0.1) is 5.82 Å². The van der Waals surface area contributed by atoms with Gasteiger partial charge in [0.2, 0.25) is 0 Å². The van der Waals surface area contributed by atoms with Crippen LogP contribution in [0.15, 0.2) is 42.7 Å². The Kier molecular flexibility index (Phi) is 2.94. The molecule has 1 aliphatic heterocycles. The number of carbonyl (C=O) groups excluding carboxylic acids is 3. The van der Waals surface area contributed by atoms with Crippen molar-refractivity contribution in [2.24, 2.45) is 0 Å². The zero-order valence-electron chi connectivity index (χ0n) is 10.4. The average molecular weight is 286 g/mol. The predicted octanol–water partition coefficient (Wildman–Crippen LogP) is 1.59. The molecular formula is C14H7FN2O4. The normalized spacial score (nSPS) is 13.3. The number of fused-ring (bicyclic) bond motifs is 1. The van der Waals surface area contributed by atoms with Crippen molar-refractivity contribution in [3.63, 3.8) is 0 Å². The fourth-order valence-corrected chi connectivity index (χ4v) is 1.91. The number of halogens is 1. The lowest BCUT2D eigenvalue weighted by atomic mass is 10.1. The van der Waals surface area contributed by atoms with E-state index in [0.717, 1.165) is 18.5 Å². The van der Waals surface area contributed by atoms with Gasteiger partial charge >= 0.3 is 5.97 Å². The third-order valence-electron chi connectivity index (χ3n) is 2.87. The summed E-state index contributed by atoms with van der Waals surface area (Å²) in [5.74, 6) is -3.26. The van der Waals surface area contributed by atoms with Gasteiger partial charge in [0.05, 0.1) is 22.9 Å². The molecule has 0 N–H and O–H groups in total. The summed E-state index contributed by atoms with van der Waals surface area (Å²) in [5.41, 5.74) is 0.0897. The van der Waals surface area contributed by atoms with Gasteiger partial charge in [-0.05, 0) is 18.2 Å². The van der Waals surface area contributed by atoms with E-state index in [0.29, 0.717) is 5.06 Å². The third kappa shape index (κ3) is 2.14. The molecule has 2 amide bonds. The van der Waals surface area contributed by atoms with Gasteiger partial charge in [-0.15, -0.1) is 0 Å². The van der Waals surface area contributed by atoms with E-state index >= 15 is 0 Å². The van der Waals surface area contributed by atoms with Gasteiger partial charge < -0.3 is 4.84 Å². The van der Waals surface area contributed by atoms with Gasteiger partial charge in [0.1, 0.15) is 5.82 Å². The number of nitrogens with zero attached hydrogens (tertiary/aromatic N) is 2. The monoisotopic (exact) mass is 286 g/mol. The molecule has 2 heterocycles. The highest BCUT2D eigenvalue weighted by Crippen LogP contribution is 2.23. The van der Waals surface area contributed by atoms with Crippen LogP contribution in [-0.2, 0) is 4.84 Å². The summed E-state index contributed by atoms with van der Waals surface area (Å²) < 4.78 is 13.0. The molecule has 1 aromatic carbocycles. The topological polar surface area (TPSA) is 76.6 Å². The minimum Gasteiger partial charge on any atom is -0.324 e. The van der Waals surface area contributed by atoms with E-state index in [-0.39, 0.29) is 16.7 Å². The zero-order chi connectivity index (χ0) is 15.0. The average Bonchev–Trinajstić information content (AvgIpc) is 2.73. The van der Waals surface area contributed by atoms with Gasteiger partial charge in [0.15, 0.2) is 0 Å². The minimum atomic E-state index is -1.04. The first-order valence-corrected chi connectivity index (χ1v) is 5.88. The molecule has 0 saturated carbocycles. The lowest BCUT2D eigenvalue weighted by Gasteiger charge is -2.12. The van der Waals surface area contributed by atoms with Crippen molar-refractivity contribution in [1.82, 2.24) is 10.0 Å². The van der Waals surface area contributed by atoms with Crippen LogP contribution in [0.3, 0.4) is 0 Å². The lowest BCUT2D eigenvalue weighted by Crippen LogP contribution is -2.32. The molecule has 2 aromatic rings. The summed E-state index contributed by atoms with van der Waals surface area (Å²) in [6.07, 6.45) is 1.99. The summed E-state index contributed by atoms with van der Waals surface area (Å²) in [4.78, 5) is 44.0. The van der Waals surface area contributed by atoms with Crippen molar-refractivity contribution in [3.8, 4) is 0 Å². The molecule has 0 saturated heterocycles. The van der Waals surface area contributed by atoms with E-state index in [1.165, 1.54) is 12.1 Å². The molecule has 6 nitrogen and oxygen atoms in total. The summed E-state index contributed by atoms with van der Waals surface area (Å²) >= 11 is 0. The van der Waals surface area contributed by atoms with Crippen LogP contribution in [0.1, 0.15) is 31.1 Å². The molecule has 1 aliphatic rings. The van der Waals surface area contributed by atoms with Gasteiger partial charge in [0, 0.05) is 6.20 Å². The molecule has 104 valence electrons. The van der Waals surface area contributed by atoms with Crippen LogP contribution in [0.4, 0.5) is 4.39 Å². The number of amides is 2. The largest absolute Gasteiger partial charge is 0.365 e. The maximum Gasteiger partial charge on any atom is 0.365 e. The molecule has 0 spiro atoms. The fourth-order valence-electron chi connectivity index (χ4n) is 1.91. The van der Waals surface area contributed by atoms with Gasteiger partial charge in [-0.2, -0.15) is 0 Å². The van der Waals surface area contributed by atoms with Crippen molar-refractivity contribution in [2.45, 2.75) is 0 Å². The fraction of sp³-hybridized carbons (Fsp3) is 0. The maximum absolute atomic E-state index is 13.0. The molecular weight excluding hydrogens is 279 g/mol. The van der Waals surface area contributed by atoms with Crippen molar-refractivity contribution in [1.29, 1.82) is 0 Å². The van der Waals surface area contributed by atoms with Gasteiger partial charge in [0.25, 0.3) is 11.8 Å². The van der Waals surface area contributed by atoms with Crippen molar-refractivity contribution < 1.29 is 23.6 Å². The molecule has 21 heavy (non-hydrogen) atoms. The number of benzene rings is 1. The Balaban J connectivity index is 1.85. The van der Waals surface area contributed by atoms with E-state index < -0.39 is 23.6 Å². The number of hydrogen-bond acceptors (Lipinski definition) is 5. The highest BCUT2D eigenvalue weighted by atomic mass is 19.1. The summed E-state index contributed by atoms with van der Waals surface area (Å²) in [7, 11) is 0. The molecule has 7 heteroatoms. The Morgan fingerprint density at radius 3 is 2.29 bits per heavy atom. The van der Waals surface area contributed by atoms with Crippen LogP contribution in [0.25, 0.3) is 0 Å². The van der Waals surface area contributed by atoms with E-state index in [1.807, 2.05) is 0 Å². The zero-order valence-corrected chi connectivity index (χ0v) is 10.4. The molecule has 0 radical (unpaired) electrons. The standard InChI is InChI=1S/C14H7FN2O4/c15-9-5-8(6-16-7-9)14(20)21-17-12(18)10-3-1-2-4-11(10)13(17)19/h1-7H. The van der Waals surface area contributed by atoms with Crippen LogP contribution >= 0.6 is 0 Å². The summed E-state index contributed by atoms with van der Waals surface area (Å²) in [6.45, 7) is 0. The van der Waals surface area contributed by atoms with Crippen LogP contribution < -0.4 is 0 Å². The molecule has 0 aliphatic carbocycles. The third-order valence-corrected chi connectivity index (χ3v) is 2.87. The van der Waals surface area contributed by atoms with E-state index in [2.05, 4.69) is 4.98 Å². The second-order valence-corrected chi connectivity index (χ2v) is 4.22. The Labute approximate surface area is 117 Å². The maximum atomic E-state index is 13.0. The molecule has 0 fully saturated rings. The number of aromatic nitrogens is 1. The molecule has 3 rings (SSSR count). The smallest absolute Gasteiger partial charge is 0.324 e. The lowest BCUT2D eigenvalue weighted by molar-refractivity contribution is -0.0585. The molecule has 0 atom stereocenters. The molecule has 1 aromatic heterocycles. The number of imide groups is 1. The van der Waals surface area contributed by atoms with Crippen molar-refractivity contribution >= 4 is 17.8 Å². The van der Waals surface area contributed by atoms with Crippen molar-refractivity contribution in [3.05, 3.63) is 65.2 Å². The number of pyridine rings is 1. The first-order chi connectivity index (χ1) is 10.1. The molecule has 0 bridgehead atoms. The van der Waals surface area contributed by atoms with Crippen LogP contribution in [0.2, 0.25) is 0 Å². The summed E-state index contributed by atoms with van der Waals surface area (Å²) in [6, 6.07) is 6.98. The molecule has 0 unspecified atom stereocenters. The Bertz CT molecular complexity index is 740.